The Bertz CT molecular complexity index is 1650. The minimum Gasteiger partial charge on any atom is -0.494 e. The summed E-state index contributed by atoms with van der Waals surface area (Å²) in [6, 6.07) is 29.0. The van der Waals surface area contributed by atoms with Crippen molar-refractivity contribution in [3.05, 3.63) is 124 Å². The Kier molecular flexibility index (Phi) is 11.2. The van der Waals surface area contributed by atoms with Gasteiger partial charge in [0.2, 0.25) is 11.8 Å². The summed E-state index contributed by atoms with van der Waals surface area (Å²) in [5, 5.41) is 2.69. The molecular weight excluding hydrogens is 642 g/mol. The molecule has 0 fully saturated rings. The molecule has 8 nitrogen and oxygen atoms in total. The van der Waals surface area contributed by atoms with Crippen molar-refractivity contribution < 1.29 is 22.7 Å². The van der Waals surface area contributed by atoms with E-state index < -0.39 is 28.5 Å². The lowest BCUT2D eigenvalue weighted by Gasteiger charge is -2.33. The van der Waals surface area contributed by atoms with E-state index in [4.69, 9.17) is 4.74 Å². The van der Waals surface area contributed by atoms with E-state index in [0.29, 0.717) is 18.0 Å². The van der Waals surface area contributed by atoms with Gasteiger partial charge in [-0.15, -0.1) is 0 Å². The monoisotopic (exact) mass is 677 g/mol. The fraction of sp³-hybridized carbons (Fsp3) is 0.235. The lowest BCUT2D eigenvalue weighted by atomic mass is 10.0. The minimum atomic E-state index is -4.18. The highest BCUT2D eigenvalue weighted by Gasteiger charge is 2.34. The number of halogens is 1. The van der Waals surface area contributed by atoms with Gasteiger partial charge in [-0.1, -0.05) is 76.1 Å². The first-order valence-corrected chi connectivity index (χ1v) is 16.5. The van der Waals surface area contributed by atoms with Gasteiger partial charge in [-0.2, -0.15) is 0 Å². The number of hydrogen-bond donors (Lipinski definition) is 1. The molecule has 1 unspecified atom stereocenters. The molecule has 1 N–H and O–H groups in total. The van der Waals surface area contributed by atoms with Crippen molar-refractivity contribution in [3.8, 4) is 5.75 Å². The van der Waals surface area contributed by atoms with Crippen LogP contribution in [0.3, 0.4) is 0 Å². The molecule has 0 bridgehead atoms. The van der Waals surface area contributed by atoms with Gasteiger partial charge in [0.05, 0.1) is 17.2 Å². The number of aryl methyl sites for hydroxylation is 1. The minimum absolute atomic E-state index is 0.0522. The number of carbonyl (C=O) groups is 2. The molecule has 0 aromatic heterocycles. The van der Waals surface area contributed by atoms with Crippen LogP contribution in [0.5, 0.6) is 5.75 Å². The Hall–Kier alpha value is -4.15. The molecule has 0 spiro atoms. The molecule has 10 heteroatoms. The van der Waals surface area contributed by atoms with Gasteiger partial charge in [-0.05, 0) is 73.5 Å². The maximum Gasteiger partial charge on any atom is 0.264 e. The van der Waals surface area contributed by atoms with Crippen LogP contribution in [0.2, 0.25) is 0 Å². The van der Waals surface area contributed by atoms with E-state index in [1.165, 1.54) is 24.1 Å². The molecule has 0 heterocycles. The molecule has 1 atom stereocenters. The largest absolute Gasteiger partial charge is 0.494 e. The van der Waals surface area contributed by atoms with Crippen molar-refractivity contribution in [1.82, 2.24) is 10.2 Å². The predicted octanol–water partition coefficient (Wildman–Crippen LogP) is 5.74. The summed E-state index contributed by atoms with van der Waals surface area (Å²) in [7, 11) is -2.65. The lowest BCUT2D eigenvalue weighted by molar-refractivity contribution is -0.139. The van der Waals surface area contributed by atoms with Gasteiger partial charge < -0.3 is 15.0 Å². The van der Waals surface area contributed by atoms with E-state index in [-0.39, 0.29) is 23.8 Å². The van der Waals surface area contributed by atoms with Crippen molar-refractivity contribution >= 4 is 43.5 Å². The number of carbonyl (C=O) groups excluding carboxylic acids is 2. The highest BCUT2D eigenvalue weighted by molar-refractivity contribution is 9.10. The summed E-state index contributed by atoms with van der Waals surface area (Å²) >= 11 is 3.44. The second-order valence-electron chi connectivity index (χ2n) is 10.2. The Morgan fingerprint density at radius 3 is 2.09 bits per heavy atom. The van der Waals surface area contributed by atoms with Gasteiger partial charge in [0.25, 0.3) is 10.0 Å². The summed E-state index contributed by atoms with van der Waals surface area (Å²) < 4.78 is 35.7. The topological polar surface area (TPSA) is 96.0 Å². The number of rotatable bonds is 13. The van der Waals surface area contributed by atoms with Crippen molar-refractivity contribution in [2.24, 2.45) is 0 Å². The molecule has 0 saturated carbocycles. The van der Waals surface area contributed by atoms with Crippen LogP contribution >= 0.6 is 15.9 Å². The number of nitrogens with one attached hydrogen (secondary N) is 1. The van der Waals surface area contributed by atoms with Crippen molar-refractivity contribution in [3.63, 3.8) is 0 Å². The lowest BCUT2D eigenvalue weighted by Crippen LogP contribution is -2.53. The van der Waals surface area contributed by atoms with E-state index >= 15 is 0 Å². The zero-order chi connectivity index (χ0) is 31.7. The average molecular weight is 679 g/mol. The first-order chi connectivity index (χ1) is 21.1. The van der Waals surface area contributed by atoms with Crippen molar-refractivity contribution in [1.29, 1.82) is 0 Å². The fourth-order valence-corrected chi connectivity index (χ4v) is 6.43. The number of nitrogens with zero attached hydrogens (tertiary/aromatic N) is 2. The molecule has 4 aromatic carbocycles. The normalized spacial score (nSPS) is 11.8. The second-order valence-corrected chi connectivity index (χ2v) is 13.0. The maximum atomic E-state index is 14.4. The summed E-state index contributed by atoms with van der Waals surface area (Å²) in [5.41, 5.74) is 2.86. The molecule has 0 radical (unpaired) electrons. The van der Waals surface area contributed by atoms with Crippen LogP contribution in [0.25, 0.3) is 0 Å². The highest BCUT2D eigenvalue weighted by Crippen LogP contribution is 2.27. The van der Waals surface area contributed by atoms with E-state index in [9.17, 15) is 18.0 Å². The van der Waals surface area contributed by atoms with E-state index in [0.717, 1.165) is 25.5 Å². The SMILES string of the molecule is CCOc1ccc(N(CC(=O)N(Cc2ccc(Br)cc2)C(Cc2ccccc2)C(=O)NC)S(=O)(=O)c2ccc(C)cc2)cc1. The summed E-state index contributed by atoms with van der Waals surface area (Å²) in [6.45, 7) is 3.76. The molecular formula is C34H36BrN3O5S. The van der Waals surface area contributed by atoms with Crippen LogP contribution in [-0.4, -0.2) is 51.4 Å². The molecule has 0 aliphatic carbocycles. The van der Waals surface area contributed by atoms with Crippen LogP contribution in [0.15, 0.2) is 112 Å². The van der Waals surface area contributed by atoms with Crippen LogP contribution in [0.1, 0.15) is 23.6 Å². The Balaban J connectivity index is 1.78. The third-order valence-electron chi connectivity index (χ3n) is 7.11. The number of ether oxygens (including phenoxy) is 1. The number of sulfonamides is 1. The third-order valence-corrected chi connectivity index (χ3v) is 9.42. The van der Waals surface area contributed by atoms with Gasteiger partial charge in [0.1, 0.15) is 18.3 Å². The Morgan fingerprint density at radius 1 is 0.864 bits per heavy atom. The van der Waals surface area contributed by atoms with Crippen molar-refractivity contribution in [2.75, 3.05) is 24.5 Å². The fourth-order valence-electron chi connectivity index (χ4n) is 4.75. The number of anilines is 1. The van der Waals surface area contributed by atoms with Crippen LogP contribution in [-0.2, 0) is 32.6 Å². The Labute approximate surface area is 267 Å². The summed E-state index contributed by atoms with van der Waals surface area (Å²) in [6.07, 6.45) is 0.247. The van der Waals surface area contributed by atoms with Gasteiger partial charge >= 0.3 is 0 Å². The third kappa shape index (κ3) is 8.27. The molecule has 0 aliphatic heterocycles. The molecule has 0 aliphatic rings. The highest BCUT2D eigenvalue weighted by atomic mass is 79.9. The average Bonchev–Trinajstić information content (AvgIpc) is 3.03. The van der Waals surface area contributed by atoms with Gasteiger partial charge in [-0.3, -0.25) is 13.9 Å². The smallest absolute Gasteiger partial charge is 0.264 e. The molecule has 4 rings (SSSR count). The molecule has 44 heavy (non-hydrogen) atoms. The number of amides is 2. The molecule has 0 saturated heterocycles. The van der Waals surface area contributed by atoms with Crippen LogP contribution in [0.4, 0.5) is 5.69 Å². The molecule has 230 valence electrons. The second kappa shape index (κ2) is 15.0. The summed E-state index contributed by atoms with van der Waals surface area (Å²) in [5.74, 6) is -0.301. The van der Waals surface area contributed by atoms with Gasteiger partial charge in [0.15, 0.2) is 0 Å². The quantitative estimate of drug-likeness (QED) is 0.195. The number of benzene rings is 4. The zero-order valence-electron chi connectivity index (χ0n) is 24.9. The van der Waals surface area contributed by atoms with Crippen LogP contribution < -0.4 is 14.4 Å². The summed E-state index contributed by atoms with van der Waals surface area (Å²) in [4.78, 5) is 29.2. The maximum absolute atomic E-state index is 14.4. The molecule has 4 aromatic rings. The van der Waals surface area contributed by atoms with Gasteiger partial charge in [-0.25, -0.2) is 8.42 Å². The van der Waals surface area contributed by atoms with Crippen molar-refractivity contribution in [2.45, 2.75) is 37.8 Å². The first-order valence-electron chi connectivity index (χ1n) is 14.2. The predicted molar refractivity (Wildman–Crippen MR) is 176 cm³/mol. The number of likely N-dealkylation sites (N-methyl/N-ethyl adjacent to an activating group) is 1. The Morgan fingerprint density at radius 2 is 1.50 bits per heavy atom. The number of hydrogen-bond acceptors (Lipinski definition) is 5. The first kappa shape index (κ1) is 32.8. The van der Waals surface area contributed by atoms with Gasteiger partial charge in [0, 0.05) is 24.5 Å². The zero-order valence-corrected chi connectivity index (χ0v) is 27.3. The van der Waals surface area contributed by atoms with Crippen LogP contribution in [0, 0.1) is 6.92 Å². The van der Waals surface area contributed by atoms with E-state index in [1.54, 1.807) is 36.4 Å². The van der Waals surface area contributed by atoms with E-state index in [2.05, 4.69) is 21.2 Å². The van der Waals surface area contributed by atoms with E-state index in [1.807, 2.05) is 68.4 Å². The molecule has 2 amide bonds. The standard InChI is InChI=1S/C34H36BrN3O5S/c1-4-43-30-18-16-29(17-19-30)38(44(41,42)31-20-10-25(2)11-21-31)24-33(39)37(23-27-12-14-28(35)15-13-27)32(34(40)36-3)22-26-8-6-5-7-9-26/h5-21,32H,4,22-24H2,1-3H3,(H,36,40).